The number of nitrogens with one attached hydrogen (secondary N) is 1. The number of hydrogen-bond donors (Lipinski definition) is 2. The zero-order chi connectivity index (χ0) is 16.7. The molecule has 2 N–H and O–H groups in total. The van der Waals surface area contributed by atoms with Crippen LogP contribution < -0.4 is 5.32 Å². The molecule has 0 bridgehead atoms. The Labute approximate surface area is 134 Å². The van der Waals surface area contributed by atoms with E-state index in [1.807, 2.05) is 30.3 Å². The smallest absolute Gasteiger partial charge is 0.224 e. The van der Waals surface area contributed by atoms with Gasteiger partial charge in [0.05, 0.1) is 6.42 Å². The first kappa shape index (κ1) is 17.1. The van der Waals surface area contributed by atoms with Crippen LogP contribution in [-0.2, 0) is 11.2 Å². The van der Waals surface area contributed by atoms with Crippen LogP contribution >= 0.6 is 0 Å². The monoisotopic (exact) mass is 319 g/mol. The number of halogens is 2. The first-order valence-electron chi connectivity index (χ1n) is 7.47. The predicted molar refractivity (Wildman–Crippen MR) is 84.0 cm³/mol. The number of carbonyl (C=O) groups is 1. The van der Waals surface area contributed by atoms with Gasteiger partial charge in [-0.2, -0.15) is 0 Å². The van der Waals surface area contributed by atoms with Gasteiger partial charge in [0, 0.05) is 24.6 Å². The van der Waals surface area contributed by atoms with Crippen molar-refractivity contribution in [1.29, 1.82) is 0 Å². The second-order valence-corrected chi connectivity index (χ2v) is 5.30. The second-order valence-electron chi connectivity index (χ2n) is 5.30. The molecule has 2 rings (SSSR count). The average Bonchev–Trinajstić information content (AvgIpc) is 2.56. The third-order valence-corrected chi connectivity index (χ3v) is 3.69. The zero-order valence-electron chi connectivity index (χ0n) is 12.6. The Kier molecular flexibility index (Phi) is 6.23. The topological polar surface area (TPSA) is 49.3 Å². The Hall–Kier alpha value is -2.27. The van der Waals surface area contributed by atoms with Crippen LogP contribution in [-0.4, -0.2) is 24.2 Å². The second kappa shape index (κ2) is 8.39. The van der Waals surface area contributed by atoms with Gasteiger partial charge in [-0.3, -0.25) is 4.79 Å². The molecule has 0 saturated carbocycles. The Morgan fingerprint density at radius 3 is 2.30 bits per heavy atom. The molecular weight excluding hydrogens is 300 g/mol. The van der Waals surface area contributed by atoms with Crippen molar-refractivity contribution in [2.24, 2.45) is 0 Å². The molecule has 0 heterocycles. The summed E-state index contributed by atoms with van der Waals surface area (Å²) in [7, 11) is 0. The van der Waals surface area contributed by atoms with E-state index in [4.69, 9.17) is 5.11 Å². The fourth-order valence-corrected chi connectivity index (χ4v) is 2.43. The summed E-state index contributed by atoms with van der Waals surface area (Å²) in [6.07, 6.45) is 0.150. The standard InChI is InChI=1S/C18H19F2NO2/c19-16-7-4-8-17(20)15(16)11-18(23)21-12-14(9-10-22)13-5-2-1-3-6-13/h1-8,14,22H,9-12H2,(H,21,23). The lowest BCUT2D eigenvalue weighted by molar-refractivity contribution is -0.120. The van der Waals surface area contributed by atoms with Gasteiger partial charge in [-0.15, -0.1) is 0 Å². The van der Waals surface area contributed by atoms with Gasteiger partial charge in [0.15, 0.2) is 0 Å². The maximum absolute atomic E-state index is 13.5. The van der Waals surface area contributed by atoms with E-state index < -0.39 is 17.5 Å². The molecule has 0 radical (unpaired) electrons. The maximum atomic E-state index is 13.5. The minimum Gasteiger partial charge on any atom is -0.396 e. The Morgan fingerprint density at radius 1 is 1.04 bits per heavy atom. The van der Waals surface area contributed by atoms with Crippen LogP contribution in [0, 0.1) is 11.6 Å². The van der Waals surface area contributed by atoms with Crippen molar-refractivity contribution in [3.8, 4) is 0 Å². The summed E-state index contributed by atoms with van der Waals surface area (Å²) < 4.78 is 27.1. The quantitative estimate of drug-likeness (QED) is 0.824. The van der Waals surface area contributed by atoms with Crippen molar-refractivity contribution < 1.29 is 18.7 Å². The van der Waals surface area contributed by atoms with Gasteiger partial charge >= 0.3 is 0 Å². The van der Waals surface area contributed by atoms with Gasteiger partial charge in [0.1, 0.15) is 11.6 Å². The molecule has 0 aliphatic rings. The van der Waals surface area contributed by atoms with E-state index in [9.17, 15) is 13.6 Å². The highest BCUT2D eigenvalue weighted by Gasteiger charge is 2.15. The van der Waals surface area contributed by atoms with Crippen molar-refractivity contribution >= 4 is 5.91 Å². The fraction of sp³-hybridized carbons (Fsp3) is 0.278. The zero-order valence-corrected chi connectivity index (χ0v) is 12.6. The highest BCUT2D eigenvalue weighted by atomic mass is 19.1. The predicted octanol–water partition coefficient (Wildman–Crippen LogP) is 2.79. The molecule has 0 aliphatic heterocycles. The molecule has 1 amide bonds. The lowest BCUT2D eigenvalue weighted by atomic mass is 9.96. The lowest BCUT2D eigenvalue weighted by Gasteiger charge is -2.17. The van der Waals surface area contributed by atoms with Gasteiger partial charge < -0.3 is 10.4 Å². The van der Waals surface area contributed by atoms with E-state index in [0.717, 1.165) is 17.7 Å². The number of aliphatic hydroxyl groups excluding tert-OH is 1. The lowest BCUT2D eigenvalue weighted by Crippen LogP contribution is -2.30. The number of aliphatic hydroxyl groups is 1. The molecule has 0 spiro atoms. The Balaban J connectivity index is 1.97. The van der Waals surface area contributed by atoms with Crippen LogP contribution in [0.1, 0.15) is 23.5 Å². The SMILES string of the molecule is O=C(Cc1c(F)cccc1F)NCC(CCO)c1ccccc1. The normalized spacial score (nSPS) is 12.0. The average molecular weight is 319 g/mol. The molecule has 2 aromatic carbocycles. The molecule has 0 saturated heterocycles. The Morgan fingerprint density at radius 2 is 1.70 bits per heavy atom. The number of carbonyl (C=O) groups excluding carboxylic acids is 1. The molecule has 0 fully saturated rings. The summed E-state index contributed by atoms with van der Waals surface area (Å²) in [5.74, 6) is -1.95. The molecule has 5 heteroatoms. The molecule has 2 aromatic rings. The van der Waals surface area contributed by atoms with Crippen molar-refractivity contribution in [2.75, 3.05) is 13.2 Å². The van der Waals surface area contributed by atoms with Gasteiger partial charge in [-0.05, 0) is 24.1 Å². The van der Waals surface area contributed by atoms with Crippen molar-refractivity contribution in [3.05, 3.63) is 71.3 Å². The first-order chi connectivity index (χ1) is 11.1. The third-order valence-electron chi connectivity index (χ3n) is 3.69. The van der Waals surface area contributed by atoms with Gasteiger partial charge in [-0.25, -0.2) is 8.78 Å². The summed E-state index contributed by atoms with van der Waals surface area (Å²) in [6.45, 7) is 0.302. The largest absolute Gasteiger partial charge is 0.396 e. The molecule has 0 aromatic heterocycles. The molecule has 1 unspecified atom stereocenters. The van der Waals surface area contributed by atoms with Crippen LogP contribution in [0.3, 0.4) is 0 Å². The van der Waals surface area contributed by atoms with E-state index in [-0.39, 0.29) is 24.5 Å². The van der Waals surface area contributed by atoms with E-state index in [1.165, 1.54) is 6.07 Å². The fourth-order valence-electron chi connectivity index (χ4n) is 2.43. The van der Waals surface area contributed by atoms with Crippen molar-refractivity contribution in [1.82, 2.24) is 5.32 Å². The van der Waals surface area contributed by atoms with E-state index >= 15 is 0 Å². The summed E-state index contributed by atoms with van der Waals surface area (Å²) >= 11 is 0. The first-order valence-corrected chi connectivity index (χ1v) is 7.47. The van der Waals surface area contributed by atoms with Crippen LogP contribution in [0.15, 0.2) is 48.5 Å². The summed E-state index contributed by atoms with van der Waals surface area (Å²) in [5.41, 5.74) is 0.766. The molecule has 23 heavy (non-hydrogen) atoms. The van der Waals surface area contributed by atoms with E-state index in [1.54, 1.807) is 0 Å². The molecule has 1 atom stereocenters. The highest BCUT2D eigenvalue weighted by molar-refractivity contribution is 5.78. The van der Waals surface area contributed by atoms with Crippen LogP contribution in [0.5, 0.6) is 0 Å². The van der Waals surface area contributed by atoms with Gasteiger partial charge in [-0.1, -0.05) is 36.4 Å². The molecular formula is C18H19F2NO2. The highest BCUT2D eigenvalue weighted by Crippen LogP contribution is 2.18. The van der Waals surface area contributed by atoms with E-state index in [2.05, 4.69) is 5.32 Å². The third kappa shape index (κ3) is 4.86. The minimum absolute atomic E-state index is 0.00261. The molecule has 3 nitrogen and oxygen atoms in total. The summed E-state index contributed by atoms with van der Waals surface area (Å²) in [5, 5.41) is 11.8. The number of hydrogen-bond acceptors (Lipinski definition) is 2. The number of amides is 1. The van der Waals surface area contributed by atoms with E-state index in [0.29, 0.717) is 13.0 Å². The number of rotatable bonds is 7. The van der Waals surface area contributed by atoms with Crippen LogP contribution in [0.25, 0.3) is 0 Å². The van der Waals surface area contributed by atoms with Crippen molar-refractivity contribution in [2.45, 2.75) is 18.8 Å². The maximum Gasteiger partial charge on any atom is 0.224 e. The number of benzene rings is 2. The van der Waals surface area contributed by atoms with Gasteiger partial charge in [0.2, 0.25) is 5.91 Å². The Bertz CT molecular complexity index is 626. The van der Waals surface area contributed by atoms with Crippen LogP contribution in [0.4, 0.5) is 8.78 Å². The summed E-state index contributed by atoms with van der Waals surface area (Å²) in [6, 6.07) is 13.0. The molecule has 122 valence electrons. The van der Waals surface area contributed by atoms with Crippen LogP contribution in [0.2, 0.25) is 0 Å². The minimum atomic E-state index is -0.727. The summed E-state index contributed by atoms with van der Waals surface area (Å²) in [4.78, 5) is 11.9. The van der Waals surface area contributed by atoms with Crippen molar-refractivity contribution in [3.63, 3.8) is 0 Å². The van der Waals surface area contributed by atoms with Gasteiger partial charge in [0.25, 0.3) is 0 Å². The molecule has 0 aliphatic carbocycles.